The van der Waals surface area contributed by atoms with Crippen LogP contribution in [0.25, 0.3) is 0 Å². The minimum absolute atomic E-state index is 0.725. The van der Waals surface area contributed by atoms with Crippen LogP contribution >= 0.6 is 0 Å². The average Bonchev–Trinajstić information content (AvgIpc) is 2.53. The summed E-state index contributed by atoms with van der Waals surface area (Å²) in [5, 5.41) is 3.33. The van der Waals surface area contributed by atoms with E-state index in [0.717, 1.165) is 49.3 Å². The van der Waals surface area contributed by atoms with Crippen LogP contribution in [0.1, 0.15) is 19.0 Å². The Balaban J connectivity index is 2.17. The molecule has 1 N–H and O–H groups in total. The van der Waals surface area contributed by atoms with Gasteiger partial charge in [-0.3, -0.25) is 0 Å². The molecule has 5 heteroatoms. The number of hydrogen-bond acceptors (Lipinski definition) is 5. The summed E-state index contributed by atoms with van der Waals surface area (Å²) in [5.74, 6) is 1.58. The van der Waals surface area contributed by atoms with Crippen molar-refractivity contribution in [2.24, 2.45) is 0 Å². The smallest absolute Gasteiger partial charge is 0.232 e. The van der Waals surface area contributed by atoms with Crippen molar-refractivity contribution >= 4 is 17.5 Å². The van der Waals surface area contributed by atoms with Crippen molar-refractivity contribution in [1.29, 1.82) is 0 Å². The van der Waals surface area contributed by atoms with Gasteiger partial charge in [-0.25, -0.2) is 4.98 Å². The standard InChI is InChI=1S/C17H24N4O/c1-4-21(15-9-6-5-7-10-15)17-19-14(2)13-16(20-17)18-11-8-12-22-3/h5-7,9-10,13H,4,8,11-12H2,1-3H3,(H,18,19,20). The Morgan fingerprint density at radius 3 is 2.64 bits per heavy atom. The highest BCUT2D eigenvalue weighted by atomic mass is 16.5. The number of anilines is 3. The Morgan fingerprint density at radius 1 is 1.18 bits per heavy atom. The summed E-state index contributed by atoms with van der Waals surface area (Å²) in [6, 6.07) is 12.2. The maximum absolute atomic E-state index is 5.06. The zero-order valence-corrected chi connectivity index (χ0v) is 13.5. The van der Waals surface area contributed by atoms with Gasteiger partial charge in [0.25, 0.3) is 0 Å². The van der Waals surface area contributed by atoms with Gasteiger partial charge in [0.15, 0.2) is 0 Å². The highest BCUT2D eigenvalue weighted by Gasteiger charge is 2.11. The van der Waals surface area contributed by atoms with Gasteiger partial charge in [0.1, 0.15) is 5.82 Å². The lowest BCUT2D eigenvalue weighted by Crippen LogP contribution is -2.20. The third kappa shape index (κ3) is 4.43. The Hall–Kier alpha value is -2.14. The average molecular weight is 300 g/mol. The predicted octanol–water partition coefficient (Wildman–Crippen LogP) is 3.39. The lowest BCUT2D eigenvalue weighted by atomic mass is 10.3. The maximum Gasteiger partial charge on any atom is 0.232 e. The quantitative estimate of drug-likeness (QED) is 0.757. The summed E-state index contributed by atoms with van der Waals surface area (Å²) in [6.07, 6.45) is 0.949. The summed E-state index contributed by atoms with van der Waals surface area (Å²) >= 11 is 0. The Morgan fingerprint density at radius 2 is 1.95 bits per heavy atom. The van der Waals surface area contributed by atoms with E-state index in [2.05, 4.69) is 39.2 Å². The van der Waals surface area contributed by atoms with Crippen molar-refractivity contribution in [1.82, 2.24) is 9.97 Å². The van der Waals surface area contributed by atoms with Crippen LogP contribution in [0.3, 0.4) is 0 Å². The van der Waals surface area contributed by atoms with E-state index in [4.69, 9.17) is 4.74 Å². The summed E-state index contributed by atoms with van der Waals surface area (Å²) < 4.78 is 5.06. The van der Waals surface area contributed by atoms with E-state index in [0.29, 0.717) is 0 Å². The van der Waals surface area contributed by atoms with Crippen molar-refractivity contribution < 1.29 is 4.74 Å². The van der Waals surface area contributed by atoms with Gasteiger partial charge in [0.2, 0.25) is 5.95 Å². The SMILES string of the molecule is CCN(c1ccccc1)c1nc(C)cc(NCCCOC)n1. The molecule has 0 unspecified atom stereocenters. The molecule has 118 valence electrons. The minimum atomic E-state index is 0.725. The predicted molar refractivity (Wildman–Crippen MR) is 90.9 cm³/mol. The van der Waals surface area contributed by atoms with Crippen LogP contribution in [0.2, 0.25) is 0 Å². The normalized spacial score (nSPS) is 10.5. The van der Waals surface area contributed by atoms with Crippen molar-refractivity contribution in [3.05, 3.63) is 42.1 Å². The fraction of sp³-hybridized carbons (Fsp3) is 0.412. The summed E-state index contributed by atoms with van der Waals surface area (Å²) in [6.45, 7) is 6.49. The molecule has 1 aromatic carbocycles. The van der Waals surface area contributed by atoms with E-state index in [1.54, 1.807) is 7.11 Å². The highest BCUT2D eigenvalue weighted by molar-refractivity contribution is 5.58. The number of methoxy groups -OCH3 is 1. The second kappa shape index (κ2) is 8.34. The molecule has 0 aliphatic rings. The number of hydrogen-bond donors (Lipinski definition) is 1. The Kier molecular flexibility index (Phi) is 6.15. The second-order valence-corrected chi connectivity index (χ2v) is 5.05. The van der Waals surface area contributed by atoms with Crippen molar-refractivity contribution in [3.63, 3.8) is 0 Å². The zero-order chi connectivity index (χ0) is 15.8. The van der Waals surface area contributed by atoms with E-state index in [9.17, 15) is 0 Å². The highest BCUT2D eigenvalue weighted by Crippen LogP contribution is 2.23. The number of rotatable bonds is 8. The monoisotopic (exact) mass is 300 g/mol. The number of nitrogens with one attached hydrogen (secondary N) is 1. The van der Waals surface area contributed by atoms with E-state index in [1.165, 1.54) is 0 Å². The molecule has 2 aromatic rings. The lowest BCUT2D eigenvalue weighted by molar-refractivity contribution is 0.198. The van der Waals surface area contributed by atoms with E-state index < -0.39 is 0 Å². The molecule has 0 saturated heterocycles. The van der Waals surface area contributed by atoms with Gasteiger partial charge >= 0.3 is 0 Å². The third-order valence-corrected chi connectivity index (χ3v) is 3.30. The zero-order valence-electron chi connectivity index (χ0n) is 13.5. The van der Waals surface area contributed by atoms with Gasteiger partial charge < -0.3 is 15.0 Å². The summed E-state index contributed by atoms with van der Waals surface area (Å²) in [4.78, 5) is 11.3. The molecule has 0 fully saturated rings. The first kappa shape index (κ1) is 16.2. The van der Waals surface area contributed by atoms with Gasteiger partial charge in [-0.2, -0.15) is 4.98 Å². The maximum atomic E-state index is 5.06. The van der Waals surface area contributed by atoms with Crippen LogP contribution in [0.4, 0.5) is 17.5 Å². The molecule has 0 saturated carbocycles. The van der Waals surface area contributed by atoms with Crippen molar-refractivity contribution in [3.8, 4) is 0 Å². The van der Waals surface area contributed by atoms with Crippen LogP contribution in [0, 0.1) is 6.92 Å². The second-order valence-electron chi connectivity index (χ2n) is 5.05. The molecule has 0 aliphatic heterocycles. The molecule has 0 bridgehead atoms. The molecule has 0 spiro atoms. The molecule has 0 amide bonds. The first-order valence-corrected chi connectivity index (χ1v) is 7.65. The van der Waals surface area contributed by atoms with Crippen molar-refractivity contribution in [2.75, 3.05) is 37.0 Å². The number of aryl methyl sites for hydroxylation is 1. The largest absolute Gasteiger partial charge is 0.385 e. The Labute approximate surface area is 132 Å². The van der Waals surface area contributed by atoms with Gasteiger partial charge in [0, 0.05) is 44.3 Å². The van der Waals surface area contributed by atoms with E-state index in [1.807, 2.05) is 31.2 Å². The van der Waals surface area contributed by atoms with Crippen molar-refractivity contribution in [2.45, 2.75) is 20.3 Å². The first-order chi connectivity index (χ1) is 10.7. The molecule has 2 rings (SSSR count). The van der Waals surface area contributed by atoms with E-state index >= 15 is 0 Å². The third-order valence-electron chi connectivity index (χ3n) is 3.30. The number of benzene rings is 1. The number of nitrogens with zero attached hydrogens (tertiary/aromatic N) is 3. The van der Waals surface area contributed by atoms with Crippen LogP contribution in [-0.4, -0.2) is 36.8 Å². The molecular formula is C17H24N4O. The first-order valence-electron chi connectivity index (χ1n) is 7.65. The molecule has 5 nitrogen and oxygen atoms in total. The number of para-hydroxylation sites is 1. The summed E-state index contributed by atoms with van der Waals surface area (Å²) in [5.41, 5.74) is 2.05. The van der Waals surface area contributed by atoms with Crippen LogP contribution in [-0.2, 0) is 4.74 Å². The number of ether oxygens (including phenoxy) is 1. The molecule has 1 aromatic heterocycles. The Bertz CT molecular complexity index is 574. The van der Waals surface area contributed by atoms with Crippen LogP contribution < -0.4 is 10.2 Å². The topological polar surface area (TPSA) is 50.3 Å². The van der Waals surface area contributed by atoms with E-state index in [-0.39, 0.29) is 0 Å². The number of aromatic nitrogens is 2. The molecule has 0 aliphatic carbocycles. The van der Waals surface area contributed by atoms with Gasteiger partial charge in [0.05, 0.1) is 0 Å². The lowest BCUT2D eigenvalue weighted by Gasteiger charge is -2.22. The van der Waals surface area contributed by atoms with Crippen LogP contribution in [0.15, 0.2) is 36.4 Å². The van der Waals surface area contributed by atoms with Crippen LogP contribution in [0.5, 0.6) is 0 Å². The summed E-state index contributed by atoms with van der Waals surface area (Å²) in [7, 11) is 1.71. The molecule has 22 heavy (non-hydrogen) atoms. The van der Waals surface area contributed by atoms with Gasteiger partial charge in [-0.05, 0) is 32.4 Å². The van der Waals surface area contributed by atoms with Gasteiger partial charge in [-0.1, -0.05) is 18.2 Å². The molecule has 0 radical (unpaired) electrons. The molecule has 1 heterocycles. The minimum Gasteiger partial charge on any atom is -0.385 e. The fourth-order valence-electron chi connectivity index (χ4n) is 2.24. The molecule has 0 atom stereocenters. The van der Waals surface area contributed by atoms with Gasteiger partial charge in [-0.15, -0.1) is 0 Å². The molecular weight excluding hydrogens is 276 g/mol. The fourth-order valence-corrected chi connectivity index (χ4v) is 2.24.